The van der Waals surface area contributed by atoms with Crippen LogP contribution in [0.2, 0.25) is 0 Å². The lowest BCUT2D eigenvalue weighted by Gasteiger charge is -2.32. The van der Waals surface area contributed by atoms with Gasteiger partial charge in [-0.2, -0.15) is 26.3 Å². The molecule has 1 unspecified atom stereocenters. The number of nitrogens with two attached hydrogens (primary N) is 1. The number of hydrogen-bond donors (Lipinski definition) is 1. The number of fused-ring (bicyclic) bond motifs is 1. The molecule has 0 fully saturated rings. The van der Waals surface area contributed by atoms with Crippen molar-refractivity contribution in [3.05, 3.63) is 58.1 Å². The van der Waals surface area contributed by atoms with Gasteiger partial charge in [-0.15, -0.1) is 0 Å². The number of halogens is 6. The van der Waals surface area contributed by atoms with Gasteiger partial charge in [-0.3, -0.25) is 4.79 Å². The highest BCUT2D eigenvalue weighted by molar-refractivity contribution is 5.84. The van der Waals surface area contributed by atoms with Crippen molar-refractivity contribution in [1.29, 1.82) is 0 Å². The van der Waals surface area contributed by atoms with Gasteiger partial charge in [-0.05, 0) is 84.2 Å². The molecule has 2 aromatic rings. The van der Waals surface area contributed by atoms with Gasteiger partial charge in [0.05, 0.1) is 5.92 Å². The highest BCUT2D eigenvalue weighted by atomic mass is 19.4. The number of hydrogen-bond acceptors (Lipinski definition) is 3. The number of amides is 1. The molecule has 37 heavy (non-hydrogen) atoms. The van der Waals surface area contributed by atoms with Crippen LogP contribution in [-0.4, -0.2) is 30.9 Å². The lowest BCUT2D eigenvalue weighted by atomic mass is 9.73. The van der Waals surface area contributed by atoms with Gasteiger partial charge in [0.25, 0.3) is 6.10 Å². The Morgan fingerprint density at radius 2 is 1.51 bits per heavy atom. The average Bonchev–Trinajstić information content (AvgIpc) is 2.93. The maximum absolute atomic E-state index is 12.9. The first kappa shape index (κ1) is 28.7. The molecule has 1 aliphatic heterocycles. The summed E-state index contributed by atoms with van der Waals surface area (Å²) in [6.45, 7) is 10.8. The first-order chi connectivity index (χ1) is 16.9. The minimum absolute atomic E-state index is 0.374. The van der Waals surface area contributed by atoms with Crippen LogP contribution >= 0.6 is 0 Å². The van der Waals surface area contributed by atoms with Crippen molar-refractivity contribution in [1.82, 2.24) is 0 Å². The molecule has 2 N–H and O–H groups in total. The second-order valence-electron chi connectivity index (χ2n) is 10.7. The molecule has 0 saturated heterocycles. The normalized spacial score (nSPS) is 15.8. The van der Waals surface area contributed by atoms with E-state index >= 15 is 0 Å². The largest absolute Gasteiger partial charge is 0.471 e. The monoisotopic (exact) mass is 530 g/mol. The maximum Gasteiger partial charge on any atom is 0.434 e. The molecule has 1 amide bonds. The fourth-order valence-electron chi connectivity index (χ4n) is 5.08. The van der Waals surface area contributed by atoms with Gasteiger partial charge in [0.2, 0.25) is 5.91 Å². The second-order valence-corrected chi connectivity index (χ2v) is 10.7. The fraction of sp³-hybridized carbons (Fsp3) is 0.519. The summed E-state index contributed by atoms with van der Waals surface area (Å²) in [6.07, 6.45) is -13.9. The summed E-state index contributed by atoms with van der Waals surface area (Å²) < 4.78 is 81.9. The second kappa shape index (κ2) is 10.1. The number of rotatable bonds is 5. The van der Waals surface area contributed by atoms with Gasteiger partial charge in [-0.1, -0.05) is 26.8 Å². The van der Waals surface area contributed by atoms with Gasteiger partial charge < -0.3 is 15.4 Å². The number of primary amides is 1. The minimum atomic E-state index is -5.58. The van der Waals surface area contributed by atoms with E-state index < -0.39 is 36.0 Å². The number of anilines is 1. The van der Waals surface area contributed by atoms with E-state index in [1.54, 1.807) is 0 Å². The van der Waals surface area contributed by atoms with E-state index in [2.05, 4.69) is 9.64 Å². The number of alkyl halides is 6. The fourth-order valence-corrected chi connectivity index (χ4v) is 5.08. The van der Waals surface area contributed by atoms with Crippen LogP contribution in [0.15, 0.2) is 30.3 Å². The number of carbonyl (C=O) groups excluding carboxylic acids is 1. The third kappa shape index (κ3) is 6.51. The molecule has 204 valence electrons. The SMILES string of the molecule is Cc1cc(N2CCCc3cc(OC(C(F)(F)F)C(F)(F)F)ccc3C2)cc(C)c1C(C(N)=O)C(C)(C)C. The summed E-state index contributed by atoms with van der Waals surface area (Å²) in [5, 5.41) is 0. The molecular formula is C27H32F6N2O2. The number of benzene rings is 2. The molecule has 4 nitrogen and oxygen atoms in total. The summed E-state index contributed by atoms with van der Waals surface area (Å²) in [5.41, 5.74) is 10.5. The van der Waals surface area contributed by atoms with Crippen LogP contribution in [-0.2, 0) is 17.8 Å². The van der Waals surface area contributed by atoms with Crippen molar-refractivity contribution in [3.8, 4) is 5.75 Å². The quantitative estimate of drug-likeness (QED) is 0.436. The van der Waals surface area contributed by atoms with Gasteiger partial charge >= 0.3 is 12.4 Å². The Balaban J connectivity index is 1.89. The zero-order valence-corrected chi connectivity index (χ0v) is 21.5. The predicted molar refractivity (Wildman–Crippen MR) is 130 cm³/mol. The van der Waals surface area contributed by atoms with Crippen LogP contribution < -0.4 is 15.4 Å². The molecule has 2 aromatic carbocycles. The molecule has 0 saturated carbocycles. The zero-order valence-electron chi connectivity index (χ0n) is 21.5. The van der Waals surface area contributed by atoms with Crippen molar-refractivity contribution in [2.75, 3.05) is 11.4 Å². The molecule has 0 bridgehead atoms. The summed E-state index contributed by atoms with van der Waals surface area (Å²) in [5.74, 6) is -1.34. The predicted octanol–water partition coefficient (Wildman–Crippen LogP) is 6.74. The number of aryl methyl sites for hydroxylation is 3. The minimum Gasteiger partial charge on any atom is -0.471 e. The molecule has 0 aromatic heterocycles. The van der Waals surface area contributed by atoms with Crippen molar-refractivity contribution in [2.24, 2.45) is 11.1 Å². The maximum atomic E-state index is 12.9. The van der Waals surface area contributed by atoms with Crippen LogP contribution in [0.5, 0.6) is 5.75 Å². The van der Waals surface area contributed by atoms with Crippen LogP contribution in [0.3, 0.4) is 0 Å². The molecule has 1 atom stereocenters. The third-order valence-corrected chi connectivity index (χ3v) is 6.64. The highest BCUT2D eigenvalue weighted by Gasteiger charge is 2.59. The first-order valence-corrected chi connectivity index (χ1v) is 12.0. The first-order valence-electron chi connectivity index (χ1n) is 12.0. The van der Waals surface area contributed by atoms with E-state index in [9.17, 15) is 31.1 Å². The molecule has 0 radical (unpaired) electrons. The zero-order chi connectivity index (χ0) is 27.9. The Morgan fingerprint density at radius 1 is 0.946 bits per heavy atom. The Labute approximate surface area is 212 Å². The summed E-state index contributed by atoms with van der Waals surface area (Å²) >= 11 is 0. The van der Waals surface area contributed by atoms with Crippen molar-refractivity contribution in [3.63, 3.8) is 0 Å². The van der Waals surface area contributed by atoms with Crippen molar-refractivity contribution in [2.45, 2.75) is 78.4 Å². The van der Waals surface area contributed by atoms with Crippen LogP contribution in [0.1, 0.15) is 60.9 Å². The molecule has 0 spiro atoms. The van der Waals surface area contributed by atoms with Gasteiger partial charge in [0.1, 0.15) is 5.75 Å². The number of carbonyl (C=O) groups is 1. The van der Waals surface area contributed by atoms with E-state index in [1.807, 2.05) is 46.8 Å². The third-order valence-electron chi connectivity index (χ3n) is 6.64. The van der Waals surface area contributed by atoms with Crippen LogP contribution in [0.25, 0.3) is 0 Å². The molecule has 1 aliphatic rings. The van der Waals surface area contributed by atoms with E-state index in [1.165, 1.54) is 12.1 Å². The summed E-state index contributed by atoms with van der Waals surface area (Å²) in [7, 11) is 0. The molecule has 10 heteroatoms. The lowest BCUT2D eigenvalue weighted by molar-refractivity contribution is -0.299. The Morgan fingerprint density at radius 3 is 2.00 bits per heavy atom. The van der Waals surface area contributed by atoms with E-state index in [0.29, 0.717) is 31.5 Å². The van der Waals surface area contributed by atoms with Gasteiger partial charge in [0.15, 0.2) is 0 Å². The Kier molecular flexibility index (Phi) is 7.82. The van der Waals surface area contributed by atoms with E-state index in [-0.39, 0.29) is 5.41 Å². The van der Waals surface area contributed by atoms with Crippen LogP contribution in [0, 0.1) is 19.3 Å². The van der Waals surface area contributed by atoms with Crippen molar-refractivity contribution >= 4 is 11.6 Å². The molecule has 1 heterocycles. The average molecular weight is 531 g/mol. The number of ether oxygens (including phenoxy) is 1. The Hall–Kier alpha value is -2.91. The topological polar surface area (TPSA) is 55.6 Å². The van der Waals surface area contributed by atoms with Crippen molar-refractivity contribution < 1.29 is 35.9 Å². The standard InChI is InChI=1S/C27H32F6N2O2/c1-15-11-19(12-16(2)21(15)22(23(34)36)25(3,4)5)35-10-6-7-17-13-20(9-8-18(17)14-35)37-24(26(28,29)30)27(31,32)33/h8-9,11-13,22,24H,6-7,10,14H2,1-5H3,(H2,34,36). The molecule has 0 aliphatic carbocycles. The van der Waals surface area contributed by atoms with Gasteiger partial charge in [0, 0.05) is 18.8 Å². The van der Waals surface area contributed by atoms with Crippen LogP contribution in [0.4, 0.5) is 32.0 Å². The highest BCUT2D eigenvalue weighted by Crippen LogP contribution is 2.40. The van der Waals surface area contributed by atoms with Gasteiger partial charge in [-0.25, -0.2) is 0 Å². The van der Waals surface area contributed by atoms with E-state index in [4.69, 9.17) is 5.73 Å². The molecule has 3 rings (SSSR count). The smallest absolute Gasteiger partial charge is 0.434 e. The number of nitrogens with zero attached hydrogens (tertiary/aromatic N) is 1. The Bertz CT molecular complexity index is 1110. The summed E-state index contributed by atoms with van der Waals surface area (Å²) in [6, 6.07) is 7.91. The lowest BCUT2D eigenvalue weighted by Crippen LogP contribution is -2.46. The van der Waals surface area contributed by atoms with E-state index in [0.717, 1.165) is 34.0 Å². The molecular weight excluding hydrogens is 498 g/mol. The summed E-state index contributed by atoms with van der Waals surface area (Å²) in [4.78, 5) is 14.4.